The molecule has 0 spiro atoms. The highest BCUT2D eigenvalue weighted by Gasteiger charge is 2.18. The van der Waals surface area contributed by atoms with Crippen molar-refractivity contribution in [1.82, 2.24) is 16.0 Å². The maximum Gasteiger partial charge on any atom is 0.265 e. The number of benzene rings is 1. The molecule has 0 aliphatic rings. The van der Waals surface area contributed by atoms with Crippen LogP contribution in [-0.4, -0.2) is 23.0 Å². The molecule has 2 amide bonds. The number of rotatable bonds is 6. The van der Waals surface area contributed by atoms with Crippen LogP contribution in [0.3, 0.4) is 0 Å². The summed E-state index contributed by atoms with van der Waals surface area (Å²) in [6.07, 6.45) is 0.437. The van der Waals surface area contributed by atoms with Crippen LogP contribution >= 0.6 is 0 Å². The fourth-order valence-corrected chi connectivity index (χ4v) is 1.82. The molecule has 2 rings (SSSR count). The standard InChI is InChI=1S/C15H17FN4O3/c1-3-12(15(22)17-13-8-9(2)23-20-13)18-19-14(21)10-4-6-11(16)7-5-10/h4-8,12,18H,3H2,1-2H3,(H,19,21)(H,17,20,22)/t12-/m1/s1. The smallest absolute Gasteiger partial charge is 0.265 e. The number of carbonyl (C=O) groups is 2. The highest BCUT2D eigenvalue weighted by Crippen LogP contribution is 2.08. The lowest BCUT2D eigenvalue weighted by Gasteiger charge is -2.16. The van der Waals surface area contributed by atoms with Gasteiger partial charge in [-0.3, -0.25) is 15.0 Å². The van der Waals surface area contributed by atoms with Gasteiger partial charge in [-0.1, -0.05) is 12.1 Å². The Labute approximate surface area is 132 Å². The summed E-state index contributed by atoms with van der Waals surface area (Å²) >= 11 is 0. The summed E-state index contributed by atoms with van der Waals surface area (Å²) in [6, 6.07) is 6.01. The number of hydrogen-bond donors (Lipinski definition) is 3. The van der Waals surface area contributed by atoms with E-state index in [1.165, 1.54) is 24.3 Å². The van der Waals surface area contributed by atoms with Crippen molar-refractivity contribution >= 4 is 17.6 Å². The Morgan fingerprint density at radius 3 is 2.57 bits per heavy atom. The summed E-state index contributed by atoms with van der Waals surface area (Å²) in [7, 11) is 0. The Hall–Kier alpha value is -2.74. The quantitative estimate of drug-likeness (QED) is 0.705. The lowest BCUT2D eigenvalue weighted by Crippen LogP contribution is -2.49. The number of halogens is 1. The third-order valence-electron chi connectivity index (χ3n) is 3.07. The van der Waals surface area contributed by atoms with Gasteiger partial charge in [-0.25, -0.2) is 9.82 Å². The van der Waals surface area contributed by atoms with Crippen molar-refractivity contribution in [3.8, 4) is 0 Å². The van der Waals surface area contributed by atoms with Crippen molar-refractivity contribution in [2.24, 2.45) is 0 Å². The fourth-order valence-electron chi connectivity index (χ4n) is 1.82. The molecule has 2 aromatic rings. The number of hydrazine groups is 1. The van der Waals surface area contributed by atoms with Crippen molar-refractivity contribution in [3.63, 3.8) is 0 Å². The van der Waals surface area contributed by atoms with Crippen molar-refractivity contribution in [3.05, 3.63) is 47.5 Å². The predicted octanol–water partition coefficient (Wildman–Crippen LogP) is 1.77. The van der Waals surface area contributed by atoms with Gasteiger partial charge >= 0.3 is 0 Å². The zero-order chi connectivity index (χ0) is 16.8. The molecule has 7 nitrogen and oxygen atoms in total. The van der Waals surface area contributed by atoms with Crippen molar-refractivity contribution in [1.29, 1.82) is 0 Å². The maximum absolute atomic E-state index is 12.8. The summed E-state index contributed by atoms with van der Waals surface area (Å²) in [5.41, 5.74) is 5.35. The molecule has 23 heavy (non-hydrogen) atoms. The number of aromatic nitrogens is 1. The molecule has 0 bridgehead atoms. The van der Waals surface area contributed by atoms with E-state index in [9.17, 15) is 14.0 Å². The summed E-state index contributed by atoms with van der Waals surface area (Å²) in [4.78, 5) is 24.0. The molecular weight excluding hydrogens is 303 g/mol. The highest BCUT2D eigenvalue weighted by atomic mass is 19.1. The maximum atomic E-state index is 12.8. The number of nitrogens with one attached hydrogen (secondary N) is 3. The first-order valence-corrected chi connectivity index (χ1v) is 7.05. The molecule has 122 valence electrons. The number of anilines is 1. The molecule has 1 aromatic heterocycles. The average molecular weight is 320 g/mol. The van der Waals surface area contributed by atoms with Crippen LogP contribution in [0.5, 0.6) is 0 Å². The van der Waals surface area contributed by atoms with Crippen LogP contribution in [0.2, 0.25) is 0 Å². The number of amides is 2. The van der Waals surface area contributed by atoms with Gasteiger partial charge in [-0.05, 0) is 37.6 Å². The zero-order valence-electron chi connectivity index (χ0n) is 12.7. The minimum Gasteiger partial charge on any atom is -0.360 e. The Balaban J connectivity index is 1.89. The van der Waals surface area contributed by atoms with Crippen LogP contribution in [0.4, 0.5) is 10.2 Å². The van der Waals surface area contributed by atoms with Crippen LogP contribution in [-0.2, 0) is 4.79 Å². The lowest BCUT2D eigenvalue weighted by molar-refractivity contribution is -0.118. The largest absolute Gasteiger partial charge is 0.360 e. The van der Waals surface area contributed by atoms with Gasteiger partial charge in [-0.2, -0.15) is 0 Å². The number of aryl methyl sites for hydroxylation is 1. The first kappa shape index (κ1) is 16.6. The molecule has 0 saturated heterocycles. The van der Waals surface area contributed by atoms with Crippen LogP contribution in [0.1, 0.15) is 29.5 Å². The third-order valence-corrected chi connectivity index (χ3v) is 3.07. The normalized spacial score (nSPS) is 11.8. The van der Waals surface area contributed by atoms with Crippen molar-refractivity contribution < 1.29 is 18.5 Å². The highest BCUT2D eigenvalue weighted by molar-refractivity contribution is 5.96. The average Bonchev–Trinajstić information content (AvgIpc) is 2.93. The van der Waals surface area contributed by atoms with E-state index in [0.717, 1.165) is 0 Å². The molecular formula is C15H17FN4O3. The second-order valence-electron chi connectivity index (χ2n) is 4.88. The summed E-state index contributed by atoms with van der Waals surface area (Å²) in [5, 5.41) is 6.24. The van der Waals surface area contributed by atoms with Gasteiger partial charge in [-0.15, -0.1) is 0 Å². The lowest BCUT2D eigenvalue weighted by atomic mass is 10.2. The molecule has 0 aliphatic carbocycles. The van der Waals surface area contributed by atoms with Gasteiger partial charge < -0.3 is 9.84 Å². The fraction of sp³-hybridized carbons (Fsp3) is 0.267. The van der Waals surface area contributed by atoms with Gasteiger partial charge in [0.05, 0.1) is 0 Å². The van der Waals surface area contributed by atoms with E-state index in [4.69, 9.17) is 4.52 Å². The molecule has 0 radical (unpaired) electrons. The van der Waals surface area contributed by atoms with E-state index in [1.807, 2.05) is 0 Å². The van der Waals surface area contributed by atoms with Crippen molar-refractivity contribution in [2.75, 3.05) is 5.32 Å². The van der Waals surface area contributed by atoms with Gasteiger partial charge in [0.25, 0.3) is 5.91 Å². The molecule has 1 heterocycles. The van der Waals surface area contributed by atoms with Gasteiger partial charge in [0.2, 0.25) is 5.91 Å². The first-order chi connectivity index (χ1) is 11.0. The minimum absolute atomic E-state index is 0.279. The van der Waals surface area contributed by atoms with Crippen LogP contribution < -0.4 is 16.2 Å². The van der Waals surface area contributed by atoms with Crippen LogP contribution in [0.15, 0.2) is 34.9 Å². The Morgan fingerprint density at radius 1 is 1.30 bits per heavy atom. The van der Waals surface area contributed by atoms with E-state index < -0.39 is 17.8 Å². The van der Waals surface area contributed by atoms with Crippen molar-refractivity contribution in [2.45, 2.75) is 26.3 Å². The summed E-state index contributed by atoms with van der Waals surface area (Å²) < 4.78 is 17.7. The van der Waals surface area contributed by atoms with E-state index in [0.29, 0.717) is 18.0 Å². The second kappa shape index (κ2) is 7.50. The minimum atomic E-state index is -0.656. The zero-order valence-corrected chi connectivity index (χ0v) is 12.7. The summed E-state index contributed by atoms with van der Waals surface area (Å²) in [6.45, 7) is 3.50. The second-order valence-corrected chi connectivity index (χ2v) is 4.88. The van der Waals surface area contributed by atoms with Gasteiger partial charge in [0.1, 0.15) is 17.6 Å². The van der Waals surface area contributed by atoms with E-state index in [-0.39, 0.29) is 11.5 Å². The molecule has 8 heteroatoms. The molecule has 0 saturated carbocycles. The van der Waals surface area contributed by atoms with Gasteiger partial charge in [0, 0.05) is 11.6 Å². The predicted molar refractivity (Wildman–Crippen MR) is 81.0 cm³/mol. The Morgan fingerprint density at radius 2 is 2.00 bits per heavy atom. The number of carbonyl (C=O) groups excluding carboxylic acids is 2. The third kappa shape index (κ3) is 4.62. The Bertz CT molecular complexity index is 684. The molecule has 1 atom stereocenters. The van der Waals surface area contributed by atoms with E-state index in [1.54, 1.807) is 19.9 Å². The molecule has 0 fully saturated rings. The van der Waals surface area contributed by atoms with E-state index in [2.05, 4.69) is 21.3 Å². The van der Waals surface area contributed by atoms with Crippen LogP contribution in [0.25, 0.3) is 0 Å². The molecule has 0 unspecified atom stereocenters. The monoisotopic (exact) mass is 320 g/mol. The molecule has 1 aromatic carbocycles. The van der Waals surface area contributed by atoms with E-state index >= 15 is 0 Å². The molecule has 3 N–H and O–H groups in total. The summed E-state index contributed by atoms with van der Waals surface area (Å²) in [5.74, 6) is -0.375. The first-order valence-electron chi connectivity index (χ1n) is 7.05. The Kier molecular flexibility index (Phi) is 5.42. The number of nitrogens with zero attached hydrogens (tertiary/aromatic N) is 1. The molecule has 0 aliphatic heterocycles. The number of hydrogen-bond acceptors (Lipinski definition) is 5. The van der Waals surface area contributed by atoms with Gasteiger partial charge in [0.15, 0.2) is 5.82 Å². The van der Waals surface area contributed by atoms with Crippen LogP contribution in [0, 0.1) is 12.7 Å². The topological polar surface area (TPSA) is 96.3 Å². The SMILES string of the molecule is CC[C@@H](NNC(=O)c1ccc(F)cc1)C(=O)Nc1cc(C)on1.